The molecular weight excluding hydrogens is 394 g/mol. The van der Waals surface area contributed by atoms with Gasteiger partial charge in [-0.05, 0) is 64.0 Å². The third-order valence-corrected chi connectivity index (χ3v) is 5.12. The van der Waals surface area contributed by atoms with E-state index >= 15 is 0 Å². The maximum atomic E-state index is 12.5. The number of esters is 1. The average molecular weight is 424 g/mol. The van der Waals surface area contributed by atoms with Gasteiger partial charge in [0.25, 0.3) is 5.91 Å². The standard InChI is InChI=1S/C25H29NO5/c1-6-29-21-14-20-12-17(4)30-22(20)13-19(21)10-11-23(27)31-18(5)25(28)26-24-15(2)8-7-9-16(24)3/h7-11,13-14,17-18H,6,12H2,1-5H3,(H,26,28)/b11-10+/t17-,18+/m0/s1. The zero-order valence-electron chi connectivity index (χ0n) is 18.7. The van der Waals surface area contributed by atoms with Crippen molar-refractivity contribution in [2.45, 2.75) is 53.2 Å². The largest absolute Gasteiger partial charge is 0.493 e. The number of ether oxygens (including phenoxy) is 3. The highest BCUT2D eigenvalue weighted by Crippen LogP contribution is 2.35. The molecule has 0 spiro atoms. The van der Waals surface area contributed by atoms with Crippen LogP contribution in [0, 0.1) is 13.8 Å². The molecule has 164 valence electrons. The van der Waals surface area contributed by atoms with Crippen LogP contribution in [0.5, 0.6) is 11.5 Å². The molecule has 0 saturated heterocycles. The second-order valence-corrected chi connectivity index (χ2v) is 7.73. The number of nitrogens with one attached hydrogen (secondary N) is 1. The average Bonchev–Trinajstić information content (AvgIpc) is 3.08. The molecule has 0 bridgehead atoms. The van der Waals surface area contributed by atoms with Gasteiger partial charge in [0, 0.05) is 29.3 Å². The van der Waals surface area contributed by atoms with Crippen LogP contribution in [-0.2, 0) is 20.7 Å². The molecule has 0 radical (unpaired) electrons. The molecule has 6 heteroatoms. The minimum absolute atomic E-state index is 0.116. The molecule has 0 saturated carbocycles. The summed E-state index contributed by atoms with van der Waals surface area (Å²) in [6, 6.07) is 9.58. The Labute approximate surface area is 183 Å². The predicted molar refractivity (Wildman–Crippen MR) is 121 cm³/mol. The summed E-state index contributed by atoms with van der Waals surface area (Å²) < 4.78 is 16.8. The first kappa shape index (κ1) is 22.4. The van der Waals surface area contributed by atoms with E-state index in [2.05, 4.69) is 5.32 Å². The quantitative estimate of drug-likeness (QED) is 0.520. The number of benzene rings is 2. The van der Waals surface area contributed by atoms with Crippen LogP contribution < -0.4 is 14.8 Å². The number of anilines is 1. The molecule has 1 heterocycles. The molecular formula is C25H29NO5. The van der Waals surface area contributed by atoms with Crippen LogP contribution in [0.2, 0.25) is 0 Å². The highest BCUT2D eigenvalue weighted by atomic mass is 16.5. The molecule has 1 aliphatic rings. The van der Waals surface area contributed by atoms with Gasteiger partial charge in [0.15, 0.2) is 6.10 Å². The summed E-state index contributed by atoms with van der Waals surface area (Å²) in [5, 5.41) is 2.84. The molecule has 2 aromatic rings. The molecule has 3 rings (SSSR count). The lowest BCUT2D eigenvalue weighted by Gasteiger charge is -2.15. The van der Waals surface area contributed by atoms with Crippen molar-refractivity contribution in [3.8, 4) is 11.5 Å². The highest BCUT2D eigenvalue weighted by molar-refractivity contribution is 5.97. The summed E-state index contributed by atoms with van der Waals surface area (Å²) in [5.74, 6) is 0.490. The summed E-state index contributed by atoms with van der Waals surface area (Å²) in [5.41, 5.74) is 4.44. The smallest absolute Gasteiger partial charge is 0.331 e. The van der Waals surface area contributed by atoms with E-state index in [0.717, 1.165) is 40.1 Å². The van der Waals surface area contributed by atoms with E-state index in [-0.39, 0.29) is 12.0 Å². The zero-order valence-corrected chi connectivity index (χ0v) is 18.7. The second kappa shape index (κ2) is 9.69. The number of para-hydroxylation sites is 1. The number of carbonyl (C=O) groups is 2. The Balaban J connectivity index is 1.66. The first-order valence-corrected chi connectivity index (χ1v) is 10.5. The number of hydrogen-bond donors (Lipinski definition) is 1. The van der Waals surface area contributed by atoms with Crippen LogP contribution in [0.25, 0.3) is 6.08 Å². The Kier molecular flexibility index (Phi) is 7.00. The van der Waals surface area contributed by atoms with Gasteiger partial charge in [0.1, 0.15) is 17.6 Å². The molecule has 0 aliphatic carbocycles. The van der Waals surface area contributed by atoms with Crippen molar-refractivity contribution in [1.29, 1.82) is 0 Å². The number of fused-ring (bicyclic) bond motifs is 1. The molecule has 1 amide bonds. The van der Waals surface area contributed by atoms with E-state index in [9.17, 15) is 9.59 Å². The van der Waals surface area contributed by atoms with Crippen LogP contribution in [-0.4, -0.2) is 30.7 Å². The lowest BCUT2D eigenvalue weighted by molar-refractivity contribution is -0.148. The second-order valence-electron chi connectivity index (χ2n) is 7.73. The monoisotopic (exact) mass is 423 g/mol. The van der Waals surface area contributed by atoms with E-state index in [0.29, 0.717) is 12.4 Å². The van der Waals surface area contributed by atoms with Gasteiger partial charge in [-0.2, -0.15) is 0 Å². The first-order chi connectivity index (χ1) is 14.8. The van der Waals surface area contributed by atoms with Gasteiger partial charge in [-0.3, -0.25) is 4.79 Å². The van der Waals surface area contributed by atoms with Gasteiger partial charge >= 0.3 is 5.97 Å². The van der Waals surface area contributed by atoms with Crippen LogP contribution in [0.15, 0.2) is 36.4 Å². The Morgan fingerprint density at radius 1 is 1.26 bits per heavy atom. The van der Waals surface area contributed by atoms with Gasteiger partial charge in [-0.25, -0.2) is 4.79 Å². The van der Waals surface area contributed by atoms with Crippen LogP contribution in [0.3, 0.4) is 0 Å². The summed E-state index contributed by atoms with van der Waals surface area (Å²) in [7, 11) is 0. The fraction of sp³-hybridized carbons (Fsp3) is 0.360. The first-order valence-electron chi connectivity index (χ1n) is 10.5. The molecule has 1 aliphatic heterocycles. The Morgan fingerprint density at radius 3 is 2.65 bits per heavy atom. The number of carbonyl (C=O) groups excluding carboxylic acids is 2. The van der Waals surface area contributed by atoms with Gasteiger partial charge < -0.3 is 19.5 Å². The fourth-order valence-electron chi connectivity index (χ4n) is 3.53. The van der Waals surface area contributed by atoms with E-state index < -0.39 is 12.1 Å². The van der Waals surface area contributed by atoms with Crippen LogP contribution >= 0.6 is 0 Å². The number of hydrogen-bond acceptors (Lipinski definition) is 5. The van der Waals surface area contributed by atoms with E-state index in [1.165, 1.54) is 6.08 Å². The highest BCUT2D eigenvalue weighted by Gasteiger charge is 2.22. The minimum Gasteiger partial charge on any atom is -0.493 e. The number of aryl methyl sites for hydroxylation is 2. The molecule has 1 N–H and O–H groups in total. The van der Waals surface area contributed by atoms with E-state index in [1.54, 1.807) is 13.0 Å². The topological polar surface area (TPSA) is 73.9 Å². The van der Waals surface area contributed by atoms with Crippen LogP contribution in [0.4, 0.5) is 5.69 Å². The van der Waals surface area contributed by atoms with Crippen molar-refractivity contribution in [3.63, 3.8) is 0 Å². The van der Waals surface area contributed by atoms with Gasteiger partial charge in [0.05, 0.1) is 6.61 Å². The minimum atomic E-state index is -0.938. The maximum Gasteiger partial charge on any atom is 0.331 e. The van der Waals surface area contributed by atoms with Crippen molar-refractivity contribution in [1.82, 2.24) is 0 Å². The molecule has 31 heavy (non-hydrogen) atoms. The van der Waals surface area contributed by atoms with Gasteiger partial charge in [-0.15, -0.1) is 0 Å². The van der Waals surface area contributed by atoms with Crippen molar-refractivity contribution in [2.24, 2.45) is 0 Å². The third-order valence-electron chi connectivity index (χ3n) is 5.12. The summed E-state index contributed by atoms with van der Waals surface area (Å²) in [6.45, 7) is 9.81. The lowest BCUT2D eigenvalue weighted by Crippen LogP contribution is -2.30. The molecule has 2 aromatic carbocycles. The fourth-order valence-corrected chi connectivity index (χ4v) is 3.53. The SMILES string of the molecule is CCOc1cc2c(cc1/C=C/C(=O)O[C@H](C)C(=O)Nc1c(C)cccc1C)O[C@@H](C)C2. The van der Waals surface area contributed by atoms with E-state index in [4.69, 9.17) is 14.2 Å². The molecule has 0 unspecified atom stereocenters. The summed E-state index contributed by atoms with van der Waals surface area (Å²) >= 11 is 0. The summed E-state index contributed by atoms with van der Waals surface area (Å²) in [4.78, 5) is 24.8. The number of rotatable bonds is 7. The van der Waals surface area contributed by atoms with Gasteiger partial charge in [-0.1, -0.05) is 18.2 Å². The zero-order chi connectivity index (χ0) is 22.5. The Morgan fingerprint density at radius 2 is 1.97 bits per heavy atom. The number of amides is 1. The normalized spacial score (nSPS) is 15.8. The maximum absolute atomic E-state index is 12.5. The van der Waals surface area contributed by atoms with Crippen LogP contribution in [0.1, 0.15) is 43.0 Å². The molecule has 0 fully saturated rings. The van der Waals surface area contributed by atoms with Crippen molar-refractivity contribution in [3.05, 3.63) is 58.7 Å². The Bertz CT molecular complexity index is 991. The van der Waals surface area contributed by atoms with Crippen molar-refractivity contribution >= 4 is 23.6 Å². The van der Waals surface area contributed by atoms with E-state index in [1.807, 2.05) is 58.0 Å². The summed E-state index contributed by atoms with van der Waals surface area (Å²) in [6.07, 6.45) is 2.92. The molecule has 2 atom stereocenters. The van der Waals surface area contributed by atoms with Crippen molar-refractivity contribution < 1.29 is 23.8 Å². The lowest BCUT2D eigenvalue weighted by atomic mass is 10.1. The van der Waals surface area contributed by atoms with Gasteiger partial charge in [0.2, 0.25) is 0 Å². The Hall–Kier alpha value is -3.28. The third kappa shape index (κ3) is 5.45. The molecule has 0 aromatic heterocycles. The van der Waals surface area contributed by atoms with Crippen molar-refractivity contribution in [2.75, 3.05) is 11.9 Å². The molecule has 6 nitrogen and oxygen atoms in total. The predicted octanol–water partition coefficient (Wildman–Crippen LogP) is 4.61.